The van der Waals surface area contributed by atoms with E-state index in [0.29, 0.717) is 43.6 Å². The van der Waals surface area contributed by atoms with Gasteiger partial charge in [0, 0.05) is 18.3 Å². The first-order valence-corrected chi connectivity index (χ1v) is 9.30. The number of likely N-dealkylation sites (N-methyl/N-ethyl adjacent to an activating group) is 1. The van der Waals surface area contributed by atoms with E-state index < -0.39 is 0 Å². The van der Waals surface area contributed by atoms with Crippen LogP contribution in [0.25, 0.3) is 0 Å². The molecular formula is C22H26N2O4. The Labute approximate surface area is 165 Å². The normalized spacial score (nSPS) is 13.7. The average molecular weight is 382 g/mol. The molecule has 0 unspecified atom stereocenters. The van der Waals surface area contributed by atoms with Crippen LogP contribution in [0.1, 0.15) is 12.5 Å². The highest BCUT2D eigenvalue weighted by atomic mass is 16.6. The molecule has 0 saturated heterocycles. The number of benzene rings is 2. The molecule has 2 aromatic rings. The molecule has 0 fully saturated rings. The van der Waals surface area contributed by atoms with Gasteiger partial charge in [-0.15, -0.1) is 0 Å². The quantitative estimate of drug-likeness (QED) is 0.709. The van der Waals surface area contributed by atoms with Crippen LogP contribution < -0.4 is 19.5 Å². The topological polar surface area (TPSA) is 60.0 Å². The molecule has 1 aliphatic rings. The van der Waals surface area contributed by atoms with Gasteiger partial charge in [0.2, 0.25) is 5.91 Å². The van der Waals surface area contributed by atoms with Crippen molar-refractivity contribution in [2.24, 2.45) is 0 Å². The Morgan fingerprint density at radius 3 is 2.64 bits per heavy atom. The molecular weight excluding hydrogens is 356 g/mol. The third-order valence-electron chi connectivity index (χ3n) is 4.57. The van der Waals surface area contributed by atoms with E-state index in [1.807, 2.05) is 55.3 Å². The summed E-state index contributed by atoms with van der Waals surface area (Å²) in [6.45, 7) is 7.71. The number of rotatable bonds is 8. The number of nitrogens with one attached hydrogen (secondary N) is 1. The first-order chi connectivity index (χ1) is 13.6. The summed E-state index contributed by atoms with van der Waals surface area (Å²) in [6, 6.07) is 13.0. The summed E-state index contributed by atoms with van der Waals surface area (Å²) in [5.74, 6) is 2.08. The summed E-state index contributed by atoms with van der Waals surface area (Å²) in [6.07, 6.45) is 1.71. The van der Waals surface area contributed by atoms with E-state index in [2.05, 4.69) is 11.9 Å². The molecule has 2 aromatic carbocycles. The lowest BCUT2D eigenvalue weighted by atomic mass is 10.1. The van der Waals surface area contributed by atoms with Gasteiger partial charge in [0.1, 0.15) is 25.6 Å². The van der Waals surface area contributed by atoms with Crippen molar-refractivity contribution >= 4 is 11.6 Å². The summed E-state index contributed by atoms with van der Waals surface area (Å²) < 4.78 is 16.6. The largest absolute Gasteiger partial charge is 0.490 e. The van der Waals surface area contributed by atoms with E-state index in [4.69, 9.17) is 14.2 Å². The zero-order chi connectivity index (χ0) is 19.9. The van der Waals surface area contributed by atoms with E-state index in [1.165, 1.54) is 0 Å². The summed E-state index contributed by atoms with van der Waals surface area (Å²) in [5.41, 5.74) is 1.80. The minimum absolute atomic E-state index is 0.0786. The Morgan fingerprint density at radius 1 is 1.21 bits per heavy atom. The van der Waals surface area contributed by atoms with E-state index in [9.17, 15) is 4.79 Å². The van der Waals surface area contributed by atoms with Crippen LogP contribution in [-0.4, -0.2) is 43.7 Å². The smallest absolute Gasteiger partial charge is 0.241 e. The Hall–Kier alpha value is -2.99. The minimum Gasteiger partial charge on any atom is -0.490 e. The average Bonchev–Trinajstić information content (AvgIpc) is 2.72. The van der Waals surface area contributed by atoms with Crippen molar-refractivity contribution in [3.63, 3.8) is 0 Å². The highest BCUT2D eigenvalue weighted by molar-refractivity contribution is 5.94. The monoisotopic (exact) mass is 382 g/mol. The molecule has 1 atom stereocenters. The summed E-state index contributed by atoms with van der Waals surface area (Å²) in [7, 11) is 1.93. The van der Waals surface area contributed by atoms with Gasteiger partial charge >= 0.3 is 0 Å². The molecule has 0 saturated carbocycles. The van der Waals surface area contributed by atoms with Gasteiger partial charge in [0.15, 0.2) is 11.5 Å². The van der Waals surface area contributed by atoms with Crippen LogP contribution in [0.15, 0.2) is 55.1 Å². The third-order valence-corrected chi connectivity index (χ3v) is 4.57. The molecule has 1 heterocycles. The summed E-state index contributed by atoms with van der Waals surface area (Å²) in [5, 5.41) is 2.95. The van der Waals surface area contributed by atoms with Gasteiger partial charge in [-0.25, -0.2) is 0 Å². The Kier molecular flexibility index (Phi) is 6.55. The van der Waals surface area contributed by atoms with Gasteiger partial charge < -0.3 is 19.5 Å². The van der Waals surface area contributed by atoms with Crippen molar-refractivity contribution in [2.75, 3.05) is 32.2 Å². The number of carbonyl (C=O) groups is 1. The van der Waals surface area contributed by atoms with Crippen LogP contribution in [0.2, 0.25) is 0 Å². The van der Waals surface area contributed by atoms with Crippen molar-refractivity contribution in [3.05, 3.63) is 60.7 Å². The van der Waals surface area contributed by atoms with Gasteiger partial charge in [0.25, 0.3) is 0 Å². The van der Waals surface area contributed by atoms with Crippen molar-refractivity contribution < 1.29 is 19.0 Å². The van der Waals surface area contributed by atoms with Crippen LogP contribution in [0.4, 0.5) is 5.69 Å². The van der Waals surface area contributed by atoms with E-state index in [-0.39, 0.29) is 11.9 Å². The van der Waals surface area contributed by atoms with Crippen molar-refractivity contribution in [1.29, 1.82) is 0 Å². The molecule has 0 radical (unpaired) electrons. The maximum Gasteiger partial charge on any atom is 0.241 e. The van der Waals surface area contributed by atoms with Gasteiger partial charge in [-0.3, -0.25) is 9.69 Å². The maximum absolute atomic E-state index is 12.6. The van der Waals surface area contributed by atoms with Crippen LogP contribution in [0.3, 0.4) is 0 Å². The fourth-order valence-corrected chi connectivity index (χ4v) is 2.84. The predicted octanol–water partition coefficient (Wildman–Crippen LogP) is 3.48. The van der Waals surface area contributed by atoms with Crippen LogP contribution in [0, 0.1) is 0 Å². The summed E-state index contributed by atoms with van der Waals surface area (Å²) in [4.78, 5) is 14.6. The van der Waals surface area contributed by atoms with Gasteiger partial charge in [-0.1, -0.05) is 24.8 Å². The maximum atomic E-state index is 12.6. The molecule has 3 rings (SSSR count). The second-order valence-corrected chi connectivity index (χ2v) is 6.68. The number of hydrogen-bond donors (Lipinski definition) is 1. The number of fused-ring (bicyclic) bond motifs is 1. The summed E-state index contributed by atoms with van der Waals surface area (Å²) >= 11 is 0. The zero-order valence-electron chi connectivity index (χ0n) is 16.3. The third kappa shape index (κ3) is 5.04. The highest BCUT2D eigenvalue weighted by Gasteiger charge is 2.19. The molecule has 28 heavy (non-hydrogen) atoms. The first-order valence-electron chi connectivity index (χ1n) is 9.30. The van der Waals surface area contributed by atoms with Gasteiger partial charge in [0.05, 0.1) is 6.04 Å². The minimum atomic E-state index is -0.301. The van der Waals surface area contributed by atoms with Crippen LogP contribution in [0.5, 0.6) is 17.2 Å². The van der Waals surface area contributed by atoms with Gasteiger partial charge in [-0.05, 0) is 43.8 Å². The molecule has 6 heteroatoms. The fourth-order valence-electron chi connectivity index (χ4n) is 2.84. The van der Waals surface area contributed by atoms with E-state index in [0.717, 1.165) is 11.3 Å². The number of carbonyl (C=O) groups excluding carboxylic acids is 1. The van der Waals surface area contributed by atoms with Crippen molar-refractivity contribution in [3.8, 4) is 17.2 Å². The predicted molar refractivity (Wildman–Crippen MR) is 109 cm³/mol. The Morgan fingerprint density at radius 2 is 1.93 bits per heavy atom. The Balaban J connectivity index is 1.55. The van der Waals surface area contributed by atoms with Crippen molar-refractivity contribution in [1.82, 2.24) is 4.90 Å². The molecule has 0 spiro atoms. The zero-order valence-corrected chi connectivity index (χ0v) is 16.3. The molecule has 1 amide bonds. The molecule has 0 aromatic heterocycles. The van der Waals surface area contributed by atoms with Crippen LogP contribution >= 0.6 is 0 Å². The van der Waals surface area contributed by atoms with Gasteiger partial charge in [-0.2, -0.15) is 0 Å². The van der Waals surface area contributed by atoms with E-state index in [1.54, 1.807) is 12.1 Å². The number of amides is 1. The first kappa shape index (κ1) is 19.8. The van der Waals surface area contributed by atoms with Crippen molar-refractivity contribution in [2.45, 2.75) is 19.5 Å². The molecule has 6 nitrogen and oxygen atoms in total. The number of hydrogen-bond acceptors (Lipinski definition) is 5. The standard InChI is InChI=1S/C22H26N2O4/c1-4-11-26-19-8-5-17(6-9-19)15-24(3)16(2)22(25)23-18-7-10-20-21(14-18)28-13-12-27-20/h4-10,14,16H,1,11-13,15H2,2-3H3,(H,23,25)/t16-/m0/s1. The molecule has 0 aliphatic carbocycles. The molecule has 1 N–H and O–H groups in total. The highest BCUT2D eigenvalue weighted by Crippen LogP contribution is 2.32. The fraction of sp³-hybridized carbons (Fsp3) is 0.318. The lowest BCUT2D eigenvalue weighted by molar-refractivity contribution is -0.120. The second kappa shape index (κ2) is 9.28. The SMILES string of the molecule is C=CCOc1ccc(CN(C)[C@@H](C)C(=O)Nc2ccc3c(c2)OCCO3)cc1. The number of ether oxygens (including phenoxy) is 3. The van der Waals surface area contributed by atoms with E-state index >= 15 is 0 Å². The number of nitrogens with zero attached hydrogens (tertiary/aromatic N) is 1. The number of anilines is 1. The lowest BCUT2D eigenvalue weighted by Gasteiger charge is -2.24. The Bertz CT molecular complexity index is 820. The molecule has 148 valence electrons. The lowest BCUT2D eigenvalue weighted by Crippen LogP contribution is -2.39. The molecule has 0 bridgehead atoms. The van der Waals surface area contributed by atoms with Crippen LogP contribution in [-0.2, 0) is 11.3 Å². The molecule has 1 aliphatic heterocycles. The second-order valence-electron chi connectivity index (χ2n) is 6.68.